The van der Waals surface area contributed by atoms with Crippen LogP contribution in [0, 0.1) is 5.88 Å². The average Bonchev–Trinajstić information content (AvgIpc) is 1.41. The maximum atomic E-state index is 5.15. The minimum absolute atomic E-state index is 0.946. The summed E-state index contributed by atoms with van der Waals surface area (Å²) >= 11 is 8.34. The molecule has 0 fully saturated rings. The van der Waals surface area contributed by atoms with Crippen LogP contribution in [0.15, 0.2) is 0 Å². The molecule has 0 rings (SSSR count). The minimum Gasteiger partial charge on any atom is -0.121 e. The molecule has 0 heterocycles. The lowest BCUT2D eigenvalue weighted by Gasteiger charge is -1.74. The van der Waals surface area contributed by atoms with Gasteiger partial charge in [0.25, 0.3) is 0 Å². The van der Waals surface area contributed by atoms with E-state index in [0.29, 0.717) is 0 Å². The van der Waals surface area contributed by atoms with Gasteiger partial charge < -0.3 is 0 Å². The summed E-state index contributed by atoms with van der Waals surface area (Å²) in [5.74, 6) is 1.61. The fourth-order valence-electron chi connectivity index (χ4n) is 0.0412. The molecule has 0 bridgehead atoms. The van der Waals surface area contributed by atoms with Crippen molar-refractivity contribution in [2.75, 3.05) is 5.33 Å². The van der Waals surface area contributed by atoms with Gasteiger partial charge in [-0.15, -0.1) is 11.6 Å². The van der Waals surface area contributed by atoms with E-state index in [4.69, 9.17) is 11.6 Å². The minimum atomic E-state index is 0.946. The molecule has 0 unspecified atom stereocenters. The van der Waals surface area contributed by atoms with Crippen LogP contribution in [0.5, 0.6) is 0 Å². The zero-order valence-electron chi connectivity index (χ0n) is 2.75. The molecular formula is C3H5BrCl. The van der Waals surface area contributed by atoms with Gasteiger partial charge in [0.05, 0.1) is 5.88 Å². The molecule has 0 aliphatic heterocycles. The third-order valence-corrected chi connectivity index (χ3v) is 0.894. The lowest BCUT2D eigenvalue weighted by atomic mass is 10.6. The first-order valence-corrected chi connectivity index (χ1v) is 2.95. The second-order valence-electron chi connectivity index (χ2n) is 0.632. The zero-order chi connectivity index (χ0) is 4.12. The Labute approximate surface area is 45.6 Å². The Hall–Kier alpha value is 0.770. The van der Waals surface area contributed by atoms with Gasteiger partial charge in [0.15, 0.2) is 0 Å². The van der Waals surface area contributed by atoms with Crippen molar-refractivity contribution in [3.8, 4) is 0 Å². The van der Waals surface area contributed by atoms with Crippen LogP contribution in [0.4, 0.5) is 0 Å². The summed E-state index contributed by atoms with van der Waals surface area (Å²) < 4.78 is 0. The monoisotopic (exact) mass is 155 g/mol. The predicted octanol–water partition coefficient (Wildman–Crippen LogP) is 2.17. The van der Waals surface area contributed by atoms with E-state index in [1.165, 1.54) is 0 Å². The third-order valence-electron chi connectivity index (χ3n) is 0.218. The molecule has 0 aromatic carbocycles. The molecule has 0 saturated heterocycles. The van der Waals surface area contributed by atoms with Gasteiger partial charge in [0, 0.05) is 5.33 Å². The van der Waals surface area contributed by atoms with E-state index in [2.05, 4.69) is 15.9 Å². The lowest BCUT2D eigenvalue weighted by Crippen LogP contribution is -1.62. The van der Waals surface area contributed by atoms with E-state index < -0.39 is 0 Å². The number of halogens is 2. The second kappa shape index (κ2) is 4.77. The summed E-state index contributed by atoms with van der Waals surface area (Å²) in [6, 6.07) is 0. The number of alkyl halides is 1. The van der Waals surface area contributed by atoms with Crippen LogP contribution in [0.1, 0.15) is 6.42 Å². The maximum absolute atomic E-state index is 5.15. The molecule has 0 N–H and O–H groups in total. The molecular weight excluding hydrogens is 151 g/mol. The number of rotatable bonds is 2. The summed E-state index contributed by atoms with van der Waals surface area (Å²) in [4.78, 5) is 0. The first-order chi connectivity index (χ1) is 2.41. The van der Waals surface area contributed by atoms with Gasteiger partial charge >= 0.3 is 0 Å². The third kappa shape index (κ3) is 4.77. The normalized spacial score (nSPS) is 8.40. The summed E-state index contributed by atoms with van der Waals surface area (Å²) in [7, 11) is 0. The van der Waals surface area contributed by atoms with Gasteiger partial charge in [0.2, 0.25) is 0 Å². The molecule has 0 aliphatic rings. The molecule has 0 atom stereocenters. The molecule has 1 radical (unpaired) electrons. The van der Waals surface area contributed by atoms with Gasteiger partial charge in [0.1, 0.15) is 0 Å². The van der Waals surface area contributed by atoms with Gasteiger partial charge in [-0.1, -0.05) is 15.9 Å². The highest BCUT2D eigenvalue weighted by atomic mass is 79.9. The highest BCUT2D eigenvalue weighted by Crippen LogP contribution is 1.93. The fourth-order valence-corrected chi connectivity index (χ4v) is 0.643. The largest absolute Gasteiger partial charge is 0.121 e. The molecule has 0 aromatic rings. The molecule has 0 aliphatic carbocycles. The zero-order valence-corrected chi connectivity index (χ0v) is 5.09. The Morgan fingerprint density at radius 3 is 2.40 bits per heavy atom. The molecule has 0 amide bonds. The second-order valence-corrected chi connectivity index (χ2v) is 1.73. The van der Waals surface area contributed by atoms with Gasteiger partial charge in [-0.05, 0) is 6.42 Å². The summed E-state index contributed by atoms with van der Waals surface area (Å²) in [5.41, 5.74) is 0. The van der Waals surface area contributed by atoms with Gasteiger partial charge in [-0.2, -0.15) is 0 Å². The van der Waals surface area contributed by atoms with Crippen LogP contribution in [0.3, 0.4) is 0 Å². The van der Waals surface area contributed by atoms with Crippen LogP contribution in [0.25, 0.3) is 0 Å². The molecule has 0 spiro atoms. The molecule has 0 saturated carbocycles. The molecule has 31 valence electrons. The fraction of sp³-hybridized carbons (Fsp3) is 0.667. The van der Waals surface area contributed by atoms with Crippen LogP contribution in [-0.4, -0.2) is 5.33 Å². The predicted molar refractivity (Wildman–Crippen MR) is 28.6 cm³/mol. The van der Waals surface area contributed by atoms with E-state index in [1.54, 1.807) is 5.88 Å². The molecule has 2 heteroatoms. The summed E-state index contributed by atoms with van der Waals surface area (Å²) in [6.45, 7) is 0. The Balaban J connectivity index is 2.19. The number of hydrogen-bond donors (Lipinski definition) is 0. The van der Waals surface area contributed by atoms with Crippen LogP contribution < -0.4 is 0 Å². The van der Waals surface area contributed by atoms with Crippen molar-refractivity contribution in [3.63, 3.8) is 0 Å². The standard InChI is InChI=1S/C3H5BrCl/c4-2-1-3-5/h3H,1-2H2. The Morgan fingerprint density at radius 2 is 2.40 bits per heavy atom. The highest BCUT2D eigenvalue weighted by molar-refractivity contribution is 9.09. The van der Waals surface area contributed by atoms with Crippen molar-refractivity contribution in [2.24, 2.45) is 0 Å². The highest BCUT2D eigenvalue weighted by Gasteiger charge is 1.72. The van der Waals surface area contributed by atoms with Crippen LogP contribution in [0.2, 0.25) is 0 Å². The van der Waals surface area contributed by atoms with E-state index >= 15 is 0 Å². The average molecular weight is 156 g/mol. The van der Waals surface area contributed by atoms with Crippen molar-refractivity contribution in [1.29, 1.82) is 0 Å². The first kappa shape index (κ1) is 5.77. The van der Waals surface area contributed by atoms with Crippen molar-refractivity contribution in [1.82, 2.24) is 0 Å². The topological polar surface area (TPSA) is 0 Å². The Morgan fingerprint density at radius 1 is 1.80 bits per heavy atom. The maximum Gasteiger partial charge on any atom is 0.0508 e. The molecule has 0 aromatic heterocycles. The van der Waals surface area contributed by atoms with Gasteiger partial charge in [-0.25, -0.2) is 0 Å². The molecule has 5 heavy (non-hydrogen) atoms. The Bertz CT molecular complexity index is 14.4. The SMILES string of the molecule is Cl[CH]CCBr. The van der Waals surface area contributed by atoms with E-state index in [9.17, 15) is 0 Å². The van der Waals surface area contributed by atoms with Crippen molar-refractivity contribution in [3.05, 3.63) is 5.88 Å². The quantitative estimate of drug-likeness (QED) is 0.538. The van der Waals surface area contributed by atoms with E-state index in [-0.39, 0.29) is 0 Å². The smallest absolute Gasteiger partial charge is 0.0508 e. The molecule has 0 nitrogen and oxygen atoms in total. The van der Waals surface area contributed by atoms with E-state index in [0.717, 1.165) is 11.8 Å². The Kier molecular flexibility index (Phi) is 5.50. The lowest BCUT2D eigenvalue weighted by molar-refractivity contribution is 1.23. The van der Waals surface area contributed by atoms with Crippen LogP contribution in [-0.2, 0) is 0 Å². The van der Waals surface area contributed by atoms with E-state index in [1.807, 2.05) is 0 Å². The first-order valence-electron chi connectivity index (χ1n) is 1.39. The van der Waals surface area contributed by atoms with Crippen molar-refractivity contribution in [2.45, 2.75) is 6.42 Å². The van der Waals surface area contributed by atoms with Crippen molar-refractivity contribution >= 4 is 27.5 Å². The van der Waals surface area contributed by atoms with Crippen molar-refractivity contribution < 1.29 is 0 Å². The number of hydrogen-bond acceptors (Lipinski definition) is 0. The summed E-state index contributed by atoms with van der Waals surface area (Å²) in [5, 5.41) is 0.969. The van der Waals surface area contributed by atoms with Crippen LogP contribution >= 0.6 is 27.5 Å². The summed E-state index contributed by atoms with van der Waals surface area (Å²) in [6.07, 6.45) is 0.946. The van der Waals surface area contributed by atoms with Gasteiger partial charge in [-0.3, -0.25) is 0 Å².